The van der Waals surface area contributed by atoms with Crippen molar-refractivity contribution in [3.05, 3.63) is 33.8 Å². The number of hydrogen-bond acceptors (Lipinski definition) is 1. The number of rotatable bonds is 6. The van der Waals surface area contributed by atoms with E-state index >= 15 is 0 Å². The lowest BCUT2D eigenvalue weighted by molar-refractivity contribution is 0.640. The van der Waals surface area contributed by atoms with Crippen molar-refractivity contribution < 1.29 is 0 Å². The van der Waals surface area contributed by atoms with Crippen LogP contribution in [-0.2, 0) is 6.42 Å². The van der Waals surface area contributed by atoms with Crippen molar-refractivity contribution in [2.45, 2.75) is 26.2 Å². The quantitative estimate of drug-likeness (QED) is 0.750. The number of hydrogen-bond donors (Lipinski definition) is 1. The predicted molar refractivity (Wildman–Crippen MR) is 67.9 cm³/mol. The van der Waals surface area contributed by atoms with Crippen LogP contribution in [0.3, 0.4) is 0 Å². The summed E-state index contributed by atoms with van der Waals surface area (Å²) in [4.78, 5) is 0. The molecule has 0 aliphatic heterocycles. The topological polar surface area (TPSA) is 12.0 Å². The van der Waals surface area contributed by atoms with Gasteiger partial charge in [-0.1, -0.05) is 36.2 Å². The van der Waals surface area contributed by atoms with Crippen LogP contribution in [-0.4, -0.2) is 13.1 Å². The lowest BCUT2D eigenvalue weighted by Gasteiger charge is -2.07. The van der Waals surface area contributed by atoms with Crippen molar-refractivity contribution >= 4 is 23.2 Å². The van der Waals surface area contributed by atoms with E-state index in [1.54, 1.807) is 0 Å². The van der Waals surface area contributed by atoms with Crippen molar-refractivity contribution in [2.24, 2.45) is 0 Å². The Balaban J connectivity index is 2.37. The predicted octanol–water partition coefficient (Wildman–Crippen LogP) is 3.93. The fraction of sp³-hybridized carbons (Fsp3) is 0.500. The molecular formula is C12H17Cl2N. The summed E-state index contributed by atoms with van der Waals surface area (Å²) in [6.07, 6.45) is 3.19. The molecule has 0 aliphatic carbocycles. The van der Waals surface area contributed by atoms with E-state index in [-0.39, 0.29) is 0 Å². The summed E-state index contributed by atoms with van der Waals surface area (Å²) < 4.78 is 0. The molecule has 1 rings (SSSR count). The SMILES string of the molecule is CCCNCCCc1c(Cl)cccc1Cl. The third-order valence-electron chi connectivity index (χ3n) is 2.27. The molecule has 0 radical (unpaired) electrons. The van der Waals surface area contributed by atoms with Gasteiger partial charge in [-0.3, -0.25) is 0 Å². The number of benzene rings is 1. The molecule has 15 heavy (non-hydrogen) atoms. The standard InChI is InChI=1S/C12H17Cl2N/c1-2-8-15-9-4-5-10-11(13)6-3-7-12(10)14/h3,6-7,15H,2,4-5,8-9H2,1H3. The largest absolute Gasteiger partial charge is 0.317 e. The lowest BCUT2D eigenvalue weighted by Crippen LogP contribution is -2.16. The van der Waals surface area contributed by atoms with E-state index < -0.39 is 0 Å². The molecule has 0 unspecified atom stereocenters. The van der Waals surface area contributed by atoms with Gasteiger partial charge in [0.1, 0.15) is 0 Å². The van der Waals surface area contributed by atoms with Crippen LogP contribution in [0.15, 0.2) is 18.2 Å². The molecule has 84 valence electrons. The summed E-state index contributed by atoms with van der Waals surface area (Å²) in [6, 6.07) is 5.66. The van der Waals surface area contributed by atoms with Gasteiger partial charge in [-0.15, -0.1) is 0 Å². The van der Waals surface area contributed by atoms with E-state index in [9.17, 15) is 0 Å². The average molecular weight is 246 g/mol. The zero-order valence-electron chi connectivity index (χ0n) is 9.02. The molecule has 1 N–H and O–H groups in total. The first-order valence-electron chi connectivity index (χ1n) is 5.39. The minimum absolute atomic E-state index is 0.776. The number of halogens is 2. The highest BCUT2D eigenvalue weighted by molar-refractivity contribution is 6.35. The molecule has 1 aromatic carbocycles. The maximum atomic E-state index is 6.06. The van der Waals surface area contributed by atoms with Gasteiger partial charge in [-0.05, 0) is 50.0 Å². The van der Waals surface area contributed by atoms with Crippen LogP contribution >= 0.6 is 23.2 Å². The second kappa shape index (κ2) is 7.10. The van der Waals surface area contributed by atoms with Crippen LogP contribution in [0.1, 0.15) is 25.3 Å². The molecule has 0 spiro atoms. The van der Waals surface area contributed by atoms with Crippen LogP contribution in [0.2, 0.25) is 10.0 Å². The Kier molecular flexibility index (Phi) is 6.07. The first kappa shape index (κ1) is 12.8. The molecule has 0 aromatic heterocycles. The molecule has 0 fully saturated rings. The van der Waals surface area contributed by atoms with Crippen LogP contribution in [0.4, 0.5) is 0 Å². The van der Waals surface area contributed by atoms with Gasteiger partial charge in [0, 0.05) is 10.0 Å². The zero-order chi connectivity index (χ0) is 11.1. The maximum absolute atomic E-state index is 6.06. The molecule has 1 nitrogen and oxygen atoms in total. The van der Waals surface area contributed by atoms with Crippen molar-refractivity contribution in [3.8, 4) is 0 Å². The summed E-state index contributed by atoms with van der Waals surface area (Å²) >= 11 is 12.1. The molecule has 0 saturated carbocycles. The fourth-order valence-electron chi connectivity index (χ4n) is 1.46. The van der Waals surface area contributed by atoms with Crippen molar-refractivity contribution in [1.82, 2.24) is 5.32 Å². The Morgan fingerprint density at radius 3 is 2.40 bits per heavy atom. The van der Waals surface area contributed by atoms with Crippen LogP contribution < -0.4 is 5.32 Å². The molecule has 0 heterocycles. The molecule has 0 bridgehead atoms. The summed E-state index contributed by atoms with van der Waals surface area (Å²) in [7, 11) is 0. The van der Waals surface area contributed by atoms with Gasteiger partial charge in [-0.2, -0.15) is 0 Å². The van der Waals surface area contributed by atoms with Gasteiger partial charge in [0.15, 0.2) is 0 Å². The van der Waals surface area contributed by atoms with Gasteiger partial charge in [0.25, 0.3) is 0 Å². The smallest absolute Gasteiger partial charge is 0.0452 e. The third-order valence-corrected chi connectivity index (χ3v) is 2.98. The summed E-state index contributed by atoms with van der Waals surface area (Å²) in [5.41, 5.74) is 1.07. The second-order valence-corrected chi connectivity index (χ2v) is 4.37. The van der Waals surface area contributed by atoms with E-state index in [0.29, 0.717) is 0 Å². The molecule has 0 saturated heterocycles. The Morgan fingerprint density at radius 1 is 1.13 bits per heavy atom. The normalized spacial score (nSPS) is 10.6. The fourth-order valence-corrected chi connectivity index (χ4v) is 2.05. The highest BCUT2D eigenvalue weighted by Crippen LogP contribution is 2.25. The summed E-state index contributed by atoms with van der Waals surface area (Å²) in [5, 5.41) is 4.91. The average Bonchev–Trinajstić information content (AvgIpc) is 2.21. The van der Waals surface area contributed by atoms with E-state index in [4.69, 9.17) is 23.2 Å². The molecular weight excluding hydrogens is 229 g/mol. The summed E-state index contributed by atoms with van der Waals surface area (Å²) in [5.74, 6) is 0. The van der Waals surface area contributed by atoms with E-state index in [1.165, 1.54) is 6.42 Å². The number of nitrogens with one attached hydrogen (secondary N) is 1. The van der Waals surface area contributed by atoms with E-state index in [0.717, 1.165) is 41.5 Å². The second-order valence-electron chi connectivity index (χ2n) is 3.55. The molecule has 0 amide bonds. The van der Waals surface area contributed by atoms with Crippen LogP contribution in [0, 0.1) is 0 Å². The van der Waals surface area contributed by atoms with Gasteiger partial charge in [0.2, 0.25) is 0 Å². The summed E-state index contributed by atoms with van der Waals surface area (Å²) in [6.45, 7) is 4.27. The van der Waals surface area contributed by atoms with E-state index in [2.05, 4.69) is 12.2 Å². The van der Waals surface area contributed by atoms with Gasteiger partial charge >= 0.3 is 0 Å². The van der Waals surface area contributed by atoms with Crippen molar-refractivity contribution in [2.75, 3.05) is 13.1 Å². The first-order valence-corrected chi connectivity index (χ1v) is 6.15. The Hall–Kier alpha value is -0.240. The first-order chi connectivity index (χ1) is 7.25. The minimum atomic E-state index is 0.776. The van der Waals surface area contributed by atoms with Crippen molar-refractivity contribution in [3.63, 3.8) is 0 Å². The highest BCUT2D eigenvalue weighted by atomic mass is 35.5. The Labute approximate surface area is 102 Å². The van der Waals surface area contributed by atoms with Gasteiger partial charge < -0.3 is 5.32 Å². The zero-order valence-corrected chi connectivity index (χ0v) is 10.5. The van der Waals surface area contributed by atoms with E-state index in [1.807, 2.05) is 18.2 Å². The van der Waals surface area contributed by atoms with Gasteiger partial charge in [0.05, 0.1) is 0 Å². The molecule has 3 heteroatoms. The van der Waals surface area contributed by atoms with Crippen molar-refractivity contribution in [1.29, 1.82) is 0 Å². The van der Waals surface area contributed by atoms with Crippen LogP contribution in [0.5, 0.6) is 0 Å². The highest BCUT2D eigenvalue weighted by Gasteiger charge is 2.04. The third kappa shape index (κ3) is 4.42. The monoisotopic (exact) mass is 245 g/mol. The minimum Gasteiger partial charge on any atom is -0.317 e. The van der Waals surface area contributed by atoms with Crippen LogP contribution in [0.25, 0.3) is 0 Å². The molecule has 0 atom stereocenters. The Morgan fingerprint density at radius 2 is 1.80 bits per heavy atom. The maximum Gasteiger partial charge on any atom is 0.0452 e. The van der Waals surface area contributed by atoms with Gasteiger partial charge in [-0.25, -0.2) is 0 Å². The lowest BCUT2D eigenvalue weighted by atomic mass is 10.1. The molecule has 0 aliphatic rings. The molecule has 1 aromatic rings. The Bertz CT molecular complexity index is 279.